The topological polar surface area (TPSA) is 121 Å². The Hall–Kier alpha value is -3.01. The van der Waals surface area contributed by atoms with Crippen molar-refractivity contribution in [1.29, 1.82) is 0 Å². The summed E-state index contributed by atoms with van der Waals surface area (Å²) in [6.45, 7) is 11.1. The summed E-state index contributed by atoms with van der Waals surface area (Å²) >= 11 is 0. The molecular formula is C22H29N3O6S. The van der Waals surface area contributed by atoms with E-state index in [9.17, 15) is 23.3 Å². The van der Waals surface area contributed by atoms with Crippen LogP contribution in [0.3, 0.4) is 0 Å². The van der Waals surface area contributed by atoms with Gasteiger partial charge in [0, 0.05) is 18.2 Å². The molecule has 0 atom stereocenters. The maximum Gasteiger partial charge on any atom is 0.310 e. The van der Waals surface area contributed by atoms with E-state index in [4.69, 9.17) is 4.18 Å². The summed E-state index contributed by atoms with van der Waals surface area (Å²) in [5.41, 5.74) is 2.52. The highest BCUT2D eigenvalue weighted by atomic mass is 32.2. The first-order chi connectivity index (χ1) is 14.9. The molecule has 1 heterocycles. The lowest BCUT2D eigenvalue weighted by Crippen LogP contribution is -2.18. The average molecular weight is 464 g/mol. The molecule has 0 aliphatic carbocycles. The molecule has 0 radical (unpaired) electrons. The van der Waals surface area contributed by atoms with Crippen molar-refractivity contribution in [3.05, 3.63) is 56.3 Å². The zero-order valence-corrected chi connectivity index (χ0v) is 20.1. The van der Waals surface area contributed by atoms with Gasteiger partial charge in [-0.1, -0.05) is 19.4 Å². The first kappa shape index (κ1) is 25.3. The van der Waals surface area contributed by atoms with Gasteiger partial charge in [-0.25, -0.2) is 4.68 Å². The van der Waals surface area contributed by atoms with Crippen molar-refractivity contribution in [2.24, 2.45) is 0 Å². The third-order valence-electron chi connectivity index (χ3n) is 5.14. The van der Waals surface area contributed by atoms with Gasteiger partial charge in [0.05, 0.1) is 22.4 Å². The number of hydrogen-bond acceptors (Lipinski definition) is 7. The maximum atomic E-state index is 13.5. The first-order valence-electron chi connectivity index (χ1n) is 10.4. The van der Waals surface area contributed by atoms with Crippen molar-refractivity contribution in [3.63, 3.8) is 0 Å². The minimum atomic E-state index is -3.90. The lowest BCUT2D eigenvalue weighted by molar-refractivity contribution is -0.385. The number of benzene rings is 1. The molecule has 0 saturated carbocycles. The number of nitro benzene ring substituents is 1. The Morgan fingerprint density at radius 2 is 1.81 bits per heavy atom. The number of carbonyl (C=O) groups excluding carboxylic acids is 1. The Balaban J connectivity index is 2.70. The summed E-state index contributed by atoms with van der Waals surface area (Å²) in [7, 11) is -3.90. The van der Waals surface area contributed by atoms with E-state index in [1.165, 1.54) is 23.0 Å². The van der Waals surface area contributed by atoms with Gasteiger partial charge in [-0.3, -0.25) is 14.9 Å². The van der Waals surface area contributed by atoms with Gasteiger partial charge < -0.3 is 4.18 Å². The Kier molecular flexibility index (Phi) is 7.95. The van der Waals surface area contributed by atoms with Crippen molar-refractivity contribution in [2.45, 2.75) is 60.9 Å². The van der Waals surface area contributed by atoms with Crippen LogP contribution in [0.2, 0.25) is 0 Å². The Morgan fingerprint density at radius 3 is 2.34 bits per heavy atom. The predicted molar refractivity (Wildman–Crippen MR) is 122 cm³/mol. The number of hydrogen-bond donors (Lipinski definition) is 0. The smallest absolute Gasteiger partial charge is 0.310 e. The monoisotopic (exact) mass is 463 g/mol. The van der Waals surface area contributed by atoms with Crippen LogP contribution in [0.25, 0.3) is 5.57 Å². The van der Waals surface area contributed by atoms with E-state index in [0.29, 0.717) is 36.1 Å². The van der Waals surface area contributed by atoms with Crippen LogP contribution in [-0.4, -0.2) is 34.7 Å². The van der Waals surface area contributed by atoms with Crippen LogP contribution in [0.5, 0.6) is 5.88 Å². The molecule has 32 heavy (non-hydrogen) atoms. The highest BCUT2D eigenvalue weighted by molar-refractivity contribution is 7.87. The van der Waals surface area contributed by atoms with Gasteiger partial charge in [0.2, 0.25) is 5.88 Å². The predicted octanol–water partition coefficient (Wildman–Crippen LogP) is 4.67. The molecule has 0 unspecified atom stereocenters. The molecule has 0 aliphatic heterocycles. The fourth-order valence-corrected chi connectivity index (χ4v) is 4.36. The van der Waals surface area contributed by atoms with Gasteiger partial charge in [-0.05, 0) is 57.7 Å². The summed E-state index contributed by atoms with van der Waals surface area (Å²) in [5, 5.41) is 15.7. The molecule has 0 N–H and O–H groups in total. The number of ketones is 1. The summed E-state index contributed by atoms with van der Waals surface area (Å²) in [6.07, 6.45) is 2.30. The molecule has 0 saturated heterocycles. The molecule has 2 rings (SSSR count). The summed E-state index contributed by atoms with van der Waals surface area (Å²) in [6, 6.07) is 2.69. The van der Waals surface area contributed by atoms with Crippen LogP contribution in [0.15, 0.2) is 23.9 Å². The third-order valence-corrected chi connectivity index (χ3v) is 6.46. The Morgan fingerprint density at radius 1 is 1.16 bits per heavy atom. The second-order valence-corrected chi connectivity index (χ2v) is 9.47. The SMILES string of the molecule is CCCn1ncc(C(=O)c2ccc([N+](=O)[O-])c(C(C)=C(C)C)c2C)c1OS(=O)(=O)CCC. The van der Waals surface area contributed by atoms with E-state index in [-0.39, 0.29) is 28.4 Å². The molecule has 1 aromatic heterocycles. The van der Waals surface area contributed by atoms with Crippen molar-refractivity contribution < 1.29 is 22.3 Å². The van der Waals surface area contributed by atoms with Gasteiger partial charge in [-0.2, -0.15) is 13.5 Å². The van der Waals surface area contributed by atoms with Crippen LogP contribution in [-0.2, 0) is 16.7 Å². The summed E-state index contributed by atoms with van der Waals surface area (Å²) in [4.78, 5) is 24.6. The molecule has 174 valence electrons. The van der Waals surface area contributed by atoms with Crippen LogP contribution in [0.1, 0.15) is 74.5 Å². The number of allylic oxidation sites excluding steroid dienone is 2. The van der Waals surface area contributed by atoms with Gasteiger partial charge in [0.1, 0.15) is 5.56 Å². The van der Waals surface area contributed by atoms with E-state index < -0.39 is 20.8 Å². The van der Waals surface area contributed by atoms with Crippen molar-refractivity contribution >= 4 is 27.2 Å². The van der Waals surface area contributed by atoms with Crippen LogP contribution in [0, 0.1) is 17.0 Å². The second-order valence-electron chi connectivity index (χ2n) is 7.78. The zero-order chi connectivity index (χ0) is 24.2. The van der Waals surface area contributed by atoms with E-state index in [2.05, 4.69) is 5.10 Å². The molecule has 0 bridgehead atoms. The quantitative estimate of drug-likeness (QED) is 0.217. The summed E-state index contributed by atoms with van der Waals surface area (Å²) < 4.78 is 31.3. The van der Waals surface area contributed by atoms with E-state index in [1.54, 1.807) is 20.8 Å². The lowest BCUT2D eigenvalue weighted by Gasteiger charge is -2.14. The van der Waals surface area contributed by atoms with Crippen LogP contribution >= 0.6 is 0 Å². The molecule has 10 heteroatoms. The minimum Gasteiger partial charge on any atom is -0.361 e. The average Bonchev–Trinajstić information content (AvgIpc) is 3.08. The van der Waals surface area contributed by atoms with E-state index >= 15 is 0 Å². The molecule has 0 amide bonds. The number of nitrogens with zero attached hydrogens (tertiary/aromatic N) is 3. The lowest BCUT2D eigenvalue weighted by atomic mass is 9.90. The highest BCUT2D eigenvalue weighted by Crippen LogP contribution is 2.35. The number of aromatic nitrogens is 2. The molecule has 1 aromatic carbocycles. The summed E-state index contributed by atoms with van der Waals surface area (Å²) in [5.74, 6) is -0.842. The van der Waals surface area contributed by atoms with Gasteiger partial charge >= 0.3 is 10.1 Å². The minimum absolute atomic E-state index is 0.00381. The number of nitro groups is 1. The Bertz CT molecular complexity index is 1170. The maximum absolute atomic E-state index is 13.5. The first-order valence-corrected chi connectivity index (χ1v) is 12.0. The number of rotatable bonds is 10. The largest absolute Gasteiger partial charge is 0.361 e. The third kappa shape index (κ3) is 5.24. The van der Waals surface area contributed by atoms with Crippen molar-refractivity contribution in [3.8, 4) is 5.88 Å². The van der Waals surface area contributed by atoms with Crippen molar-refractivity contribution in [2.75, 3.05) is 5.75 Å². The second kappa shape index (κ2) is 10.1. The molecule has 0 aliphatic rings. The number of carbonyl (C=O) groups is 1. The molecular weight excluding hydrogens is 434 g/mol. The van der Waals surface area contributed by atoms with Crippen LogP contribution < -0.4 is 4.18 Å². The van der Waals surface area contributed by atoms with Gasteiger partial charge in [0.25, 0.3) is 5.69 Å². The van der Waals surface area contributed by atoms with Crippen molar-refractivity contribution in [1.82, 2.24) is 9.78 Å². The number of aryl methyl sites for hydroxylation is 1. The fraction of sp³-hybridized carbons (Fsp3) is 0.455. The highest BCUT2D eigenvalue weighted by Gasteiger charge is 2.28. The Labute approximate surface area is 188 Å². The zero-order valence-electron chi connectivity index (χ0n) is 19.3. The normalized spacial score (nSPS) is 11.3. The molecule has 2 aromatic rings. The van der Waals surface area contributed by atoms with Crippen LogP contribution in [0.4, 0.5) is 5.69 Å². The van der Waals surface area contributed by atoms with E-state index in [0.717, 1.165) is 5.57 Å². The van der Waals surface area contributed by atoms with Gasteiger partial charge in [-0.15, -0.1) is 0 Å². The molecule has 0 spiro atoms. The van der Waals surface area contributed by atoms with E-state index in [1.807, 2.05) is 20.8 Å². The fourth-order valence-electron chi connectivity index (χ4n) is 3.36. The molecule has 0 fully saturated rings. The van der Waals surface area contributed by atoms with Gasteiger partial charge in [0.15, 0.2) is 5.78 Å². The standard InChI is InChI=1S/C22H29N3O6S/c1-7-11-24-22(31-32(29,30)12-8-2)18(13-23-24)21(26)17-9-10-19(25(27)28)20(16(17)6)15(5)14(3)4/h9-10,13H,7-8,11-12H2,1-6H3. The molecule has 9 nitrogen and oxygen atoms in total.